The Kier molecular flexibility index (Phi) is 6.91. The maximum absolute atomic E-state index is 12.4. The summed E-state index contributed by atoms with van der Waals surface area (Å²) in [5, 5.41) is 0. The van der Waals surface area contributed by atoms with Crippen LogP contribution in [0.5, 0.6) is 5.75 Å². The minimum atomic E-state index is -1.58. The highest BCUT2D eigenvalue weighted by molar-refractivity contribution is 9.10. The molecule has 1 saturated heterocycles. The number of aromatic nitrogens is 2. The van der Waals surface area contributed by atoms with Crippen molar-refractivity contribution in [2.24, 2.45) is 5.92 Å². The van der Waals surface area contributed by atoms with Crippen molar-refractivity contribution in [2.45, 2.75) is 25.8 Å². The lowest BCUT2D eigenvalue weighted by Crippen LogP contribution is -2.35. The van der Waals surface area contributed by atoms with Gasteiger partial charge < -0.3 is 4.74 Å². The molecule has 3 rings (SSSR count). The Balaban J connectivity index is 1.43. The van der Waals surface area contributed by atoms with Crippen molar-refractivity contribution in [1.82, 2.24) is 14.9 Å². The quantitative estimate of drug-likeness (QED) is 0.655. The molecule has 1 radical (unpaired) electrons. The van der Waals surface area contributed by atoms with E-state index in [4.69, 9.17) is 4.74 Å². The second-order valence-electron chi connectivity index (χ2n) is 6.48. The van der Waals surface area contributed by atoms with Crippen molar-refractivity contribution in [3.8, 4) is 5.75 Å². The molecule has 2 heterocycles. The lowest BCUT2D eigenvalue weighted by molar-refractivity contribution is 0.134. The lowest BCUT2D eigenvalue weighted by atomic mass is 9.98. The zero-order chi connectivity index (χ0) is 18.4. The lowest BCUT2D eigenvalue weighted by Gasteiger charge is -2.31. The molecule has 1 fully saturated rings. The third kappa shape index (κ3) is 5.71. The highest BCUT2D eigenvalue weighted by atomic mass is 79.9. The molecule has 2 aromatic rings. The number of nitrogens with zero attached hydrogens (tertiary/aromatic N) is 3. The van der Waals surface area contributed by atoms with E-state index in [0.717, 1.165) is 42.8 Å². The smallest absolute Gasteiger partial charge is 0.314 e. The van der Waals surface area contributed by atoms with Crippen LogP contribution in [0.4, 0.5) is 8.78 Å². The van der Waals surface area contributed by atoms with E-state index >= 15 is 0 Å². The second kappa shape index (κ2) is 9.37. The summed E-state index contributed by atoms with van der Waals surface area (Å²) in [6.07, 6.45) is 3.76. The summed E-state index contributed by atoms with van der Waals surface area (Å²) in [6.45, 7) is 3.41. The summed E-state index contributed by atoms with van der Waals surface area (Å²) >= 11 is 3.41. The molecule has 0 atom stereocenters. The van der Waals surface area contributed by atoms with E-state index in [1.807, 2.05) is 6.07 Å². The van der Waals surface area contributed by atoms with E-state index in [9.17, 15) is 8.78 Å². The molecular formula is C19H21BrF2N3O. The van der Waals surface area contributed by atoms with Gasteiger partial charge in [-0.1, -0.05) is 6.07 Å². The largest absolute Gasteiger partial charge is 0.492 e. The van der Waals surface area contributed by atoms with Crippen molar-refractivity contribution < 1.29 is 13.5 Å². The predicted octanol–water partition coefficient (Wildman–Crippen LogP) is 4.50. The Morgan fingerprint density at radius 1 is 1.19 bits per heavy atom. The van der Waals surface area contributed by atoms with Gasteiger partial charge in [0.15, 0.2) is 0 Å². The van der Waals surface area contributed by atoms with Gasteiger partial charge in [0.05, 0.1) is 17.6 Å². The molecule has 1 aromatic carbocycles. The van der Waals surface area contributed by atoms with Gasteiger partial charge in [-0.2, -0.15) is 8.78 Å². The Hall–Kier alpha value is -1.60. The van der Waals surface area contributed by atoms with Crippen molar-refractivity contribution in [3.05, 3.63) is 58.9 Å². The molecule has 1 aliphatic heterocycles. The zero-order valence-electron chi connectivity index (χ0n) is 14.4. The molecule has 1 aliphatic rings. The number of hydrogen-bond donors (Lipinski definition) is 0. The molecule has 139 valence electrons. The van der Waals surface area contributed by atoms with Crippen molar-refractivity contribution in [1.29, 1.82) is 0 Å². The molecule has 26 heavy (non-hydrogen) atoms. The van der Waals surface area contributed by atoms with Crippen LogP contribution in [0.2, 0.25) is 0 Å². The normalized spacial score (nSPS) is 16.2. The predicted molar refractivity (Wildman–Crippen MR) is 98.8 cm³/mol. The summed E-state index contributed by atoms with van der Waals surface area (Å²) in [7, 11) is 0. The van der Waals surface area contributed by atoms with Gasteiger partial charge in [0.25, 0.3) is 0 Å². The van der Waals surface area contributed by atoms with Gasteiger partial charge in [0.2, 0.25) is 0 Å². The Morgan fingerprint density at radius 2 is 1.92 bits per heavy atom. The zero-order valence-corrected chi connectivity index (χ0v) is 16.0. The van der Waals surface area contributed by atoms with Crippen LogP contribution in [-0.2, 0) is 13.0 Å². The Labute approximate surface area is 160 Å². The fourth-order valence-electron chi connectivity index (χ4n) is 3.06. The van der Waals surface area contributed by atoms with Crippen molar-refractivity contribution in [2.75, 3.05) is 19.7 Å². The van der Waals surface area contributed by atoms with Crippen LogP contribution in [0.3, 0.4) is 0 Å². The van der Waals surface area contributed by atoms with Crippen LogP contribution in [0, 0.1) is 12.3 Å². The first kappa shape index (κ1) is 19.2. The Bertz CT molecular complexity index is 694. The average Bonchev–Trinajstić information content (AvgIpc) is 2.63. The molecule has 0 saturated carbocycles. The van der Waals surface area contributed by atoms with Crippen molar-refractivity contribution in [3.63, 3.8) is 0 Å². The molecule has 0 amide bonds. The van der Waals surface area contributed by atoms with Crippen LogP contribution in [0.1, 0.15) is 24.2 Å². The first-order valence-corrected chi connectivity index (χ1v) is 9.46. The van der Waals surface area contributed by atoms with E-state index in [2.05, 4.69) is 30.8 Å². The molecule has 0 N–H and O–H groups in total. The van der Waals surface area contributed by atoms with Crippen molar-refractivity contribution >= 4 is 15.9 Å². The summed E-state index contributed by atoms with van der Waals surface area (Å²) in [5.41, 5.74) is 0.570. The SMILES string of the molecule is F[C](F)Cc1ccc(OCC2CCN(Cc3ncccn3)CC2)c(Br)c1. The molecule has 0 unspecified atom stereocenters. The van der Waals surface area contributed by atoms with E-state index in [1.165, 1.54) is 0 Å². The number of rotatable bonds is 7. The Morgan fingerprint density at radius 3 is 2.58 bits per heavy atom. The number of hydrogen-bond acceptors (Lipinski definition) is 4. The van der Waals surface area contributed by atoms with Gasteiger partial charge in [-0.3, -0.25) is 4.90 Å². The van der Waals surface area contributed by atoms with Gasteiger partial charge in [0, 0.05) is 18.8 Å². The van der Waals surface area contributed by atoms with Gasteiger partial charge in [-0.05, 0) is 71.5 Å². The van der Waals surface area contributed by atoms with Gasteiger partial charge in [-0.15, -0.1) is 0 Å². The number of benzene rings is 1. The fourth-order valence-corrected chi connectivity index (χ4v) is 3.60. The van der Waals surface area contributed by atoms with Crippen LogP contribution < -0.4 is 4.74 Å². The highest BCUT2D eigenvalue weighted by Gasteiger charge is 2.21. The maximum Gasteiger partial charge on any atom is 0.314 e. The number of piperidine rings is 1. The third-order valence-electron chi connectivity index (χ3n) is 4.50. The number of ether oxygens (including phenoxy) is 1. The molecule has 0 aliphatic carbocycles. The topological polar surface area (TPSA) is 38.2 Å². The summed E-state index contributed by atoms with van der Waals surface area (Å²) in [5.74, 6) is 2.05. The summed E-state index contributed by atoms with van der Waals surface area (Å²) in [4.78, 5) is 10.9. The number of likely N-dealkylation sites (tertiary alicyclic amines) is 1. The first-order valence-electron chi connectivity index (χ1n) is 8.66. The molecule has 0 bridgehead atoms. The first-order chi connectivity index (χ1) is 12.6. The van der Waals surface area contributed by atoms with Crippen LogP contribution >= 0.6 is 15.9 Å². The maximum atomic E-state index is 12.4. The molecule has 7 heteroatoms. The highest BCUT2D eigenvalue weighted by Crippen LogP contribution is 2.29. The fraction of sp³-hybridized carbons (Fsp3) is 0.421. The molecular weight excluding hydrogens is 404 g/mol. The van der Waals surface area contributed by atoms with Gasteiger partial charge >= 0.3 is 6.43 Å². The third-order valence-corrected chi connectivity index (χ3v) is 5.12. The van der Waals surface area contributed by atoms with Crippen LogP contribution in [0.25, 0.3) is 0 Å². The molecule has 4 nitrogen and oxygen atoms in total. The van der Waals surface area contributed by atoms with E-state index in [-0.39, 0.29) is 6.42 Å². The number of halogens is 3. The molecule has 0 spiro atoms. The minimum Gasteiger partial charge on any atom is -0.492 e. The van der Waals surface area contributed by atoms with E-state index < -0.39 is 6.43 Å². The molecule has 1 aromatic heterocycles. The van der Waals surface area contributed by atoms with Crippen LogP contribution in [0.15, 0.2) is 41.1 Å². The monoisotopic (exact) mass is 424 g/mol. The standard InChI is InChI=1S/C19H21BrF2N3O/c20-16-10-15(11-18(21)22)2-3-17(16)26-13-14-4-8-25(9-5-14)12-19-23-6-1-7-24-19/h1-3,6-7,10,14H,4-5,8-9,11-13H2. The second-order valence-corrected chi connectivity index (χ2v) is 7.33. The summed E-state index contributed by atoms with van der Waals surface area (Å²) < 4.78 is 31.4. The average molecular weight is 425 g/mol. The van der Waals surface area contributed by atoms with E-state index in [0.29, 0.717) is 23.8 Å². The van der Waals surface area contributed by atoms with E-state index in [1.54, 1.807) is 30.6 Å². The van der Waals surface area contributed by atoms with Crippen LogP contribution in [-0.4, -0.2) is 34.6 Å². The van der Waals surface area contributed by atoms with Gasteiger partial charge in [-0.25, -0.2) is 9.97 Å². The summed E-state index contributed by atoms with van der Waals surface area (Å²) in [6, 6.07) is 6.95. The minimum absolute atomic E-state index is 0.317. The van der Waals surface area contributed by atoms with Gasteiger partial charge in [0.1, 0.15) is 11.6 Å².